The Morgan fingerprint density at radius 3 is 2.30 bits per heavy atom. The summed E-state index contributed by atoms with van der Waals surface area (Å²) in [5.41, 5.74) is 0.859. The summed E-state index contributed by atoms with van der Waals surface area (Å²) in [5.74, 6) is -0.580. The maximum Gasteiger partial charge on any atom is 0.408 e. The molecule has 1 unspecified atom stereocenters. The van der Waals surface area contributed by atoms with Crippen molar-refractivity contribution in [2.45, 2.75) is 45.4 Å². The van der Waals surface area contributed by atoms with E-state index in [1.54, 1.807) is 32.9 Å². The van der Waals surface area contributed by atoms with E-state index in [4.69, 9.17) is 9.47 Å². The summed E-state index contributed by atoms with van der Waals surface area (Å²) in [6, 6.07) is 11.5. The summed E-state index contributed by atoms with van der Waals surface area (Å²) in [7, 11) is 0. The summed E-state index contributed by atoms with van der Waals surface area (Å²) < 4.78 is 11.2. The number of ether oxygens (including phenoxy) is 2. The first-order chi connectivity index (χ1) is 12.7. The van der Waals surface area contributed by atoms with Crippen LogP contribution in [0, 0.1) is 5.21 Å². The third-order valence-electron chi connectivity index (χ3n) is 3.51. The molecule has 0 aliphatic carbocycles. The van der Waals surface area contributed by atoms with Gasteiger partial charge in [0.15, 0.2) is 12.4 Å². The third-order valence-corrected chi connectivity index (χ3v) is 3.51. The highest BCUT2D eigenvalue weighted by Crippen LogP contribution is 2.10. The molecule has 0 saturated heterocycles. The molecule has 2 rings (SSSR count). The van der Waals surface area contributed by atoms with Gasteiger partial charge in [0.1, 0.15) is 18.2 Å². The lowest BCUT2D eigenvalue weighted by molar-refractivity contribution is -0.605. The fourth-order valence-corrected chi connectivity index (χ4v) is 2.29. The van der Waals surface area contributed by atoms with Crippen molar-refractivity contribution in [3.8, 4) is 0 Å². The fourth-order valence-electron chi connectivity index (χ4n) is 2.29. The Morgan fingerprint density at radius 2 is 1.70 bits per heavy atom. The summed E-state index contributed by atoms with van der Waals surface area (Å²) in [5, 5.41) is 13.7. The average Bonchev–Trinajstić information content (AvgIpc) is 2.60. The number of pyridine rings is 1. The van der Waals surface area contributed by atoms with Gasteiger partial charge in [0.05, 0.1) is 0 Å². The molecular weight excluding hydrogens is 348 g/mol. The van der Waals surface area contributed by atoms with E-state index in [9.17, 15) is 14.8 Å². The van der Waals surface area contributed by atoms with Crippen molar-refractivity contribution < 1.29 is 23.8 Å². The molecule has 1 N–H and O–H groups in total. The lowest BCUT2D eigenvalue weighted by Gasteiger charge is -2.23. The average molecular weight is 372 g/mol. The van der Waals surface area contributed by atoms with Gasteiger partial charge >= 0.3 is 12.1 Å². The lowest BCUT2D eigenvalue weighted by Crippen LogP contribution is -2.45. The predicted octanol–water partition coefficient (Wildman–Crippen LogP) is 2.50. The minimum atomic E-state index is -0.939. The quantitative estimate of drug-likeness (QED) is 0.478. The molecule has 0 saturated carbocycles. The van der Waals surface area contributed by atoms with Crippen molar-refractivity contribution in [1.29, 1.82) is 0 Å². The minimum absolute atomic E-state index is 0.0987. The number of nitrogens with one attached hydrogen (secondary N) is 1. The zero-order valence-electron chi connectivity index (χ0n) is 15.7. The number of alkyl carbamates (subject to hydrolysis) is 1. The molecule has 1 amide bonds. The first-order valence-corrected chi connectivity index (χ1v) is 8.61. The normalized spacial score (nSPS) is 12.1. The van der Waals surface area contributed by atoms with Gasteiger partial charge in [-0.15, -0.1) is 0 Å². The van der Waals surface area contributed by atoms with E-state index in [0.717, 1.165) is 5.56 Å². The van der Waals surface area contributed by atoms with Crippen LogP contribution in [0.15, 0.2) is 54.9 Å². The van der Waals surface area contributed by atoms with Crippen LogP contribution in [-0.4, -0.2) is 23.7 Å². The second kappa shape index (κ2) is 9.02. The second-order valence-corrected chi connectivity index (χ2v) is 7.06. The van der Waals surface area contributed by atoms with E-state index in [1.807, 2.05) is 30.3 Å². The van der Waals surface area contributed by atoms with Crippen molar-refractivity contribution in [3.05, 3.63) is 71.2 Å². The molecule has 7 heteroatoms. The molecule has 1 heterocycles. The van der Waals surface area contributed by atoms with Crippen LogP contribution in [0.4, 0.5) is 4.79 Å². The number of nitrogens with zero attached hydrogens (tertiary/aromatic N) is 1. The Morgan fingerprint density at radius 1 is 1.07 bits per heavy atom. The van der Waals surface area contributed by atoms with Crippen LogP contribution in [0.1, 0.15) is 31.9 Å². The van der Waals surface area contributed by atoms with Crippen molar-refractivity contribution in [2.24, 2.45) is 0 Å². The largest absolute Gasteiger partial charge is 0.619 e. The molecule has 7 nitrogen and oxygen atoms in total. The highest BCUT2D eigenvalue weighted by molar-refractivity contribution is 5.81. The summed E-state index contributed by atoms with van der Waals surface area (Å²) in [6.07, 6.45) is 2.12. The molecule has 0 radical (unpaired) electrons. The second-order valence-electron chi connectivity index (χ2n) is 7.06. The van der Waals surface area contributed by atoms with Gasteiger partial charge in [0.2, 0.25) is 0 Å². The monoisotopic (exact) mass is 372 g/mol. The van der Waals surface area contributed by atoms with E-state index in [2.05, 4.69) is 5.32 Å². The number of rotatable bonds is 6. The Hall–Kier alpha value is -3.09. The molecule has 144 valence electrons. The molecule has 0 aliphatic heterocycles. The van der Waals surface area contributed by atoms with Gasteiger partial charge < -0.3 is 20.0 Å². The lowest BCUT2D eigenvalue weighted by atomic mass is 10.1. The molecule has 0 fully saturated rings. The Bertz CT molecular complexity index is 754. The molecule has 27 heavy (non-hydrogen) atoms. The number of benzene rings is 1. The molecule has 0 aliphatic rings. The van der Waals surface area contributed by atoms with Crippen LogP contribution in [-0.2, 0) is 27.3 Å². The SMILES string of the molecule is CC(C)(C)OC(=O)NC(Cc1cc[n+]([O-])cc1)C(=O)OCc1ccccc1. The van der Waals surface area contributed by atoms with Crippen LogP contribution in [0.5, 0.6) is 0 Å². The molecule has 0 bridgehead atoms. The van der Waals surface area contributed by atoms with Crippen LogP contribution >= 0.6 is 0 Å². The Balaban J connectivity index is 2.06. The van der Waals surface area contributed by atoms with Gasteiger partial charge in [-0.3, -0.25) is 0 Å². The van der Waals surface area contributed by atoms with Crippen LogP contribution in [0.25, 0.3) is 0 Å². The fraction of sp³-hybridized carbons (Fsp3) is 0.350. The van der Waals surface area contributed by atoms with Crippen LogP contribution in [0.2, 0.25) is 0 Å². The molecular formula is C20H24N2O5. The summed E-state index contributed by atoms with van der Waals surface area (Å²) in [6.45, 7) is 5.31. The number of aromatic nitrogens is 1. The number of carbonyl (C=O) groups excluding carboxylic acids is 2. The van der Waals surface area contributed by atoms with E-state index in [-0.39, 0.29) is 13.0 Å². The molecule has 1 atom stereocenters. The molecule has 1 aromatic heterocycles. The summed E-state index contributed by atoms with van der Waals surface area (Å²) in [4.78, 5) is 24.6. The number of amides is 1. The minimum Gasteiger partial charge on any atom is -0.619 e. The highest BCUT2D eigenvalue weighted by Gasteiger charge is 2.26. The van der Waals surface area contributed by atoms with E-state index in [1.165, 1.54) is 12.4 Å². The molecule has 2 aromatic rings. The van der Waals surface area contributed by atoms with Crippen molar-refractivity contribution in [1.82, 2.24) is 5.32 Å². The van der Waals surface area contributed by atoms with Gasteiger partial charge in [-0.2, -0.15) is 4.73 Å². The maximum absolute atomic E-state index is 12.5. The first kappa shape index (κ1) is 20.2. The molecule has 1 aromatic carbocycles. The van der Waals surface area contributed by atoms with E-state index in [0.29, 0.717) is 10.3 Å². The zero-order chi connectivity index (χ0) is 19.9. The third kappa shape index (κ3) is 7.35. The Labute approximate surface area is 158 Å². The van der Waals surface area contributed by atoms with Crippen LogP contribution < -0.4 is 10.0 Å². The first-order valence-electron chi connectivity index (χ1n) is 8.61. The number of hydrogen-bond acceptors (Lipinski definition) is 5. The zero-order valence-corrected chi connectivity index (χ0v) is 15.7. The van der Waals surface area contributed by atoms with Gasteiger partial charge in [0, 0.05) is 18.6 Å². The van der Waals surface area contributed by atoms with Crippen molar-refractivity contribution >= 4 is 12.1 Å². The van der Waals surface area contributed by atoms with Crippen molar-refractivity contribution in [2.75, 3.05) is 0 Å². The highest BCUT2D eigenvalue weighted by atomic mass is 16.6. The number of hydrogen-bond donors (Lipinski definition) is 1. The Kier molecular flexibility index (Phi) is 6.76. The number of esters is 1. The molecule has 0 spiro atoms. The van der Waals surface area contributed by atoms with E-state index >= 15 is 0 Å². The predicted molar refractivity (Wildman–Crippen MR) is 98.5 cm³/mol. The summed E-state index contributed by atoms with van der Waals surface area (Å²) >= 11 is 0. The van der Waals surface area contributed by atoms with E-state index < -0.39 is 23.7 Å². The number of carbonyl (C=O) groups is 2. The smallest absolute Gasteiger partial charge is 0.408 e. The van der Waals surface area contributed by atoms with Crippen molar-refractivity contribution in [3.63, 3.8) is 0 Å². The van der Waals surface area contributed by atoms with Crippen LogP contribution in [0.3, 0.4) is 0 Å². The van der Waals surface area contributed by atoms with Gasteiger partial charge in [-0.05, 0) is 31.9 Å². The maximum atomic E-state index is 12.5. The topological polar surface area (TPSA) is 91.6 Å². The van der Waals surface area contributed by atoms with Gasteiger partial charge in [-0.25, -0.2) is 9.59 Å². The van der Waals surface area contributed by atoms with Gasteiger partial charge in [0.25, 0.3) is 0 Å². The standard InChI is InChI=1S/C20H24N2O5/c1-20(2,3)27-19(24)21-17(13-15-9-11-22(25)12-10-15)18(23)26-14-16-7-5-4-6-8-16/h4-12,17H,13-14H2,1-3H3,(H,21,24). The van der Waals surface area contributed by atoms with Gasteiger partial charge in [-0.1, -0.05) is 30.3 Å².